The molecule has 0 atom stereocenters. The lowest BCUT2D eigenvalue weighted by Crippen LogP contribution is -2.37. The number of benzene rings is 1. The maximum atomic E-state index is 5.50. The van der Waals surface area contributed by atoms with E-state index in [-0.39, 0.29) is 0 Å². The van der Waals surface area contributed by atoms with Crippen molar-refractivity contribution in [1.82, 2.24) is 15.2 Å². The Morgan fingerprint density at radius 3 is 2.41 bits per heavy atom. The van der Waals surface area contributed by atoms with Crippen molar-refractivity contribution in [1.29, 1.82) is 0 Å². The maximum absolute atomic E-state index is 5.50. The van der Waals surface area contributed by atoms with Crippen molar-refractivity contribution in [3.63, 3.8) is 0 Å². The van der Waals surface area contributed by atoms with Crippen LogP contribution in [0.15, 0.2) is 30.3 Å². The van der Waals surface area contributed by atoms with E-state index >= 15 is 0 Å². The van der Waals surface area contributed by atoms with E-state index in [9.17, 15) is 0 Å². The van der Waals surface area contributed by atoms with Gasteiger partial charge < -0.3 is 20.4 Å². The normalized spacial score (nSPS) is 18.4. The van der Waals surface area contributed by atoms with E-state index in [2.05, 4.69) is 50.8 Å². The Morgan fingerprint density at radius 1 is 0.897 bits per heavy atom. The van der Waals surface area contributed by atoms with Gasteiger partial charge in [0.15, 0.2) is 5.11 Å². The minimum atomic E-state index is 0.692. The Hall–Kier alpha value is -1.92. The third-order valence-electron chi connectivity index (χ3n) is 6.02. The number of hydrogen-bond donors (Lipinski definition) is 2. The zero-order chi connectivity index (χ0) is 19.9. The van der Waals surface area contributed by atoms with Crippen LogP contribution in [0.25, 0.3) is 10.9 Å². The van der Waals surface area contributed by atoms with Gasteiger partial charge in [-0.05, 0) is 87.7 Å². The molecule has 0 radical (unpaired) electrons. The molecule has 2 saturated heterocycles. The molecule has 29 heavy (non-hydrogen) atoms. The molecule has 3 heterocycles. The molecule has 0 bridgehead atoms. The van der Waals surface area contributed by atoms with Crippen LogP contribution in [0.4, 0.5) is 11.5 Å². The van der Waals surface area contributed by atoms with E-state index in [4.69, 9.17) is 17.2 Å². The average molecular weight is 412 g/mol. The van der Waals surface area contributed by atoms with Gasteiger partial charge in [0.2, 0.25) is 0 Å². The van der Waals surface area contributed by atoms with Gasteiger partial charge in [-0.15, -0.1) is 0 Å². The van der Waals surface area contributed by atoms with Crippen LogP contribution >= 0.6 is 12.2 Å². The van der Waals surface area contributed by atoms with Crippen LogP contribution in [-0.4, -0.2) is 54.3 Å². The molecule has 2 aliphatic heterocycles. The van der Waals surface area contributed by atoms with E-state index in [1.807, 2.05) is 0 Å². The minimum Gasteiger partial charge on any atom is -0.361 e. The molecule has 0 unspecified atom stereocenters. The Balaban J connectivity index is 1.30. The van der Waals surface area contributed by atoms with Crippen molar-refractivity contribution in [2.75, 3.05) is 49.5 Å². The molecular formula is C23H33N5S. The zero-order valence-corrected chi connectivity index (χ0v) is 18.1. The first-order chi connectivity index (χ1) is 14.3. The molecule has 0 spiro atoms. The molecule has 0 aliphatic carbocycles. The zero-order valence-electron chi connectivity index (χ0n) is 17.3. The molecule has 2 aliphatic rings. The summed E-state index contributed by atoms with van der Waals surface area (Å²) in [5, 5.41) is 8.51. The Morgan fingerprint density at radius 2 is 1.62 bits per heavy atom. The van der Waals surface area contributed by atoms with E-state index in [0.29, 0.717) is 5.11 Å². The monoisotopic (exact) mass is 411 g/mol. The molecule has 1 aromatic carbocycles. The molecule has 2 fully saturated rings. The number of pyridine rings is 1. The number of fused-ring (bicyclic) bond motifs is 1. The van der Waals surface area contributed by atoms with E-state index in [0.717, 1.165) is 48.6 Å². The molecule has 5 nitrogen and oxygen atoms in total. The van der Waals surface area contributed by atoms with Crippen molar-refractivity contribution < 1.29 is 0 Å². The lowest BCUT2D eigenvalue weighted by molar-refractivity contribution is 0.289. The molecular weight excluding hydrogens is 378 g/mol. The topological polar surface area (TPSA) is 43.4 Å². The summed E-state index contributed by atoms with van der Waals surface area (Å²) >= 11 is 5.50. The highest BCUT2D eigenvalue weighted by Crippen LogP contribution is 2.23. The number of nitrogens with zero attached hydrogens (tertiary/aromatic N) is 3. The van der Waals surface area contributed by atoms with Crippen LogP contribution < -0.4 is 15.5 Å². The number of likely N-dealkylation sites (tertiary alicyclic amines) is 1. The van der Waals surface area contributed by atoms with Gasteiger partial charge in [0, 0.05) is 37.3 Å². The van der Waals surface area contributed by atoms with Gasteiger partial charge >= 0.3 is 0 Å². The quantitative estimate of drug-likeness (QED) is 0.712. The van der Waals surface area contributed by atoms with Gasteiger partial charge in [-0.25, -0.2) is 4.98 Å². The number of nitrogens with one attached hydrogen (secondary N) is 2. The summed E-state index contributed by atoms with van der Waals surface area (Å²) in [5.41, 5.74) is 2.05. The second-order valence-corrected chi connectivity index (χ2v) is 8.67. The number of piperidine rings is 1. The second-order valence-electron chi connectivity index (χ2n) is 8.26. The fourth-order valence-electron chi connectivity index (χ4n) is 4.35. The number of anilines is 2. The third kappa shape index (κ3) is 5.80. The minimum absolute atomic E-state index is 0.692. The van der Waals surface area contributed by atoms with Gasteiger partial charge in [-0.2, -0.15) is 0 Å². The fourth-order valence-corrected chi connectivity index (χ4v) is 4.57. The number of aromatic nitrogens is 1. The highest BCUT2D eigenvalue weighted by molar-refractivity contribution is 7.80. The first-order valence-corrected chi connectivity index (χ1v) is 11.6. The van der Waals surface area contributed by atoms with E-state index in [1.165, 1.54) is 58.0 Å². The molecule has 2 N–H and O–H groups in total. The number of rotatable bonds is 5. The highest BCUT2D eigenvalue weighted by Gasteiger charge is 2.13. The first kappa shape index (κ1) is 20.4. The number of hydrogen-bond acceptors (Lipinski definition) is 4. The summed E-state index contributed by atoms with van der Waals surface area (Å²) in [6, 6.07) is 10.6. The smallest absolute Gasteiger partial charge is 0.170 e. The van der Waals surface area contributed by atoms with Crippen molar-refractivity contribution in [2.45, 2.75) is 44.9 Å². The van der Waals surface area contributed by atoms with E-state index < -0.39 is 0 Å². The van der Waals surface area contributed by atoms with Gasteiger partial charge in [0.1, 0.15) is 5.82 Å². The average Bonchev–Trinajstić information content (AvgIpc) is 3.03. The Bertz CT molecular complexity index is 810. The van der Waals surface area contributed by atoms with Crippen LogP contribution in [0.3, 0.4) is 0 Å². The van der Waals surface area contributed by atoms with Crippen molar-refractivity contribution >= 4 is 39.7 Å². The van der Waals surface area contributed by atoms with Gasteiger partial charge in [-0.1, -0.05) is 12.8 Å². The van der Waals surface area contributed by atoms with Gasteiger partial charge in [0.25, 0.3) is 0 Å². The fraction of sp³-hybridized carbons (Fsp3) is 0.565. The largest absolute Gasteiger partial charge is 0.361 e. The second kappa shape index (κ2) is 10.2. The summed E-state index contributed by atoms with van der Waals surface area (Å²) in [5.74, 6) is 1.10. The van der Waals surface area contributed by atoms with Crippen LogP contribution in [-0.2, 0) is 0 Å². The van der Waals surface area contributed by atoms with Gasteiger partial charge in [0.05, 0.1) is 5.52 Å². The maximum Gasteiger partial charge on any atom is 0.170 e. The molecule has 156 valence electrons. The summed E-state index contributed by atoms with van der Waals surface area (Å²) in [6.07, 6.45) is 9.28. The standard InChI is InChI=1S/C23H33N5S/c29-23(24-12-17-27-13-4-1-2-5-14-27)25-20-9-10-21-19(18-20)8-11-22(26-21)28-15-6-3-7-16-28/h8-11,18H,1-7,12-17H2,(H2,24,25,29). The molecule has 1 aromatic heterocycles. The Kier molecular flexibility index (Phi) is 7.17. The van der Waals surface area contributed by atoms with Crippen LogP contribution in [0, 0.1) is 0 Å². The first-order valence-electron chi connectivity index (χ1n) is 11.2. The van der Waals surface area contributed by atoms with E-state index in [1.54, 1.807) is 0 Å². The summed E-state index contributed by atoms with van der Waals surface area (Å²) < 4.78 is 0. The lowest BCUT2D eigenvalue weighted by Gasteiger charge is -2.27. The van der Waals surface area contributed by atoms with Crippen LogP contribution in [0.5, 0.6) is 0 Å². The highest BCUT2D eigenvalue weighted by atomic mass is 32.1. The molecule has 2 aromatic rings. The molecule has 6 heteroatoms. The van der Waals surface area contributed by atoms with Gasteiger partial charge in [-0.3, -0.25) is 0 Å². The Labute approximate surface area is 179 Å². The van der Waals surface area contributed by atoms with Crippen LogP contribution in [0.2, 0.25) is 0 Å². The summed E-state index contributed by atoms with van der Waals surface area (Å²) in [6.45, 7) is 6.63. The SMILES string of the molecule is S=C(NCCN1CCCCCC1)Nc1ccc2nc(N3CCCCC3)ccc2c1. The summed E-state index contributed by atoms with van der Waals surface area (Å²) in [7, 11) is 0. The molecule has 0 saturated carbocycles. The molecule has 4 rings (SSSR count). The third-order valence-corrected chi connectivity index (χ3v) is 6.27. The predicted octanol–water partition coefficient (Wildman–Crippen LogP) is 4.39. The van der Waals surface area contributed by atoms with Crippen molar-refractivity contribution in [2.24, 2.45) is 0 Å². The number of thiocarbonyl (C=S) groups is 1. The lowest BCUT2D eigenvalue weighted by atomic mass is 10.1. The van der Waals surface area contributed by atoms with Crippen LogP contribution in [0.1, 0.15) is 44.9 Å². The summed E-state index contributed by atoms with van der Waals surface area (Å²) in [4.78, 5) is 9.82. The van der Waals surface area contributed by atoms with Crippen molar-refractivity contribution in [3.05, 3.63) is 30.3 Å². The molecule has 0 amide bonds. The predicted molar refractivity (Wildman–Crippen MR) is 127 cm³/mol. The van der Waals surface area contributed by atoms with Crippen molar-refractivity contribution in [3.8, 4) is 0 Å².